The molecule has 200 valence electrons. The van der Waals surface area contributed by atoms with Gasteiger partial charge in [-0.15, -0.1) is 0 Å². The highest BCUT2D eigenvalue weighted by molar-refractivity contribution is 5.87. The molecule has 1 aromatic heterocycles. The number of H-pyrrole nitrogens is 1. The molecule has 7 rings (SSSR count). The van der Waals surface area contributed by atoms with Gasteiger partial charge in [0.25, 0.3) is 0 Å². The Labute approximate surface area is 207 Å². The zero-order valence-electron chi connectivity index (χ0n) is 20.9. The summed E-state index contributed by atoms with van der Waals surface area (Å²) in [5.74, 6) is -4.14. The lowest BCUT2D eigenvalue weighted by atomic mass is 9.52. The second kappa shape index (κ2) is 6.02. The monoisotopic (exact) mass is 509 g/mol. The molecule has 4 saturated carbocycles. The number of esters is 1. The molecule has 1 aromatic rings. The summed E-state index contributed by atoms with van der Waals surface area (Å²) in [6.45, 7) is 7.23. The van der Waals surface area contributed by atoms with Crippen LogP contribution in [-0.2, 0) is 9.47 Å². The van der Waals surface area contributed by atoms with Crippen molar-refractivity contribution < 1.29 is 50.0 Å². The first-order valence-electron chi connectivity index (χ1n) is 12.4. The van der Waals surface area contributed by atoms with E-state index < -0.39 is 80.7 Å². The molecule has 1 spiro atoms. The summed E-state index contributed by atoms with van der Waals surface area (Å²) in [7, 11) is 0. The van der Waals surface area contributed by atoms with Gasteiger partial charge in [0, 0.05) is 18.0 Å². The van der Waals surface area contributed by atoms with Gasteiger partial charge in [-0.25, -0.2) is 4.79 Å². The maximum Gasteiger partial charge on any atom is 0.355 e. The molecule has 0 aromatic carbocycles. The lowest BCUT2D eigenvalue weighted by Gasteiger charge is -2.61. The quantitative estimate of drug-likeness (QED) is 0.233. The van der Waals surface area contributed by atoms with Crippen LogP contribution in [0.25, 0.3) is 0 Å². The normalized spacial score (nSPS) is 60.6. The highest BCUT2D eigenvalue weighted by Gasteiger charge is 3.10. The molecular weight excluding hydrogens is 474 g/mol. The SMILES string of the molecule is CC(C)[C@@]1(O)[C@@H](OC(=O)c2ccc[nH]2)[C@]2(O)[C@@]3(C)C[C@]4(O)O[C@@]5([C@@H](O)[C@@](C)(O)CC[C@]35O)[C@@]2(O)[C@]14C. The molecule has 2 saturated heterocycles. The Morgan fingerprint density at radius 3 is 2.31 bits per heavy atom. The summed E-state index contributed by atoms with van der Waals surface area (Å²) in [6.07, 6.45) is -3.09. The number of aliphatic hydroxyl groups is 7. The van der Waals surface area contributed by atoms with E-state index in [1.165, 1.54) is 33.0 Å². The van der Waals surface area contributed by atoms with Crippen LogP contribution in [0, 0.1) is 16.7 Å². The van der Waals surface area contributed by atoms with Crippen molar-refractivity contribution in [1.82, 2.24) is 4.98 Å². The van der Waals surface area contributed by atoms with E-state index in [-0.39, 0.29) is 18.5 Å². The number of hydrogen-bond donors (Lipinski definition) is 8. The Morgan fingerprint density at radius 1 is 1.11 bits per heavy atom. The zero-order valence-corrected chi connectivity index (χ0v) is 20.9. The molecular formula is C25H35NO10. The minimum atomic E-state index is -2.77. The van der Waals surface area contributed by atoms with Crippen LogP contribution in [0.4, 0.5) is 0 Å². The highest BCUT2D eigenvalue weighted by Crippen LogP contribution is 2.90. The standard InChI is InChI=1S/C25H35NO10/c1-12(2)22(32)16(35-14(27)13-7-6-10-26-13)23(33)18(4)11-21(31)19(22,5)25(23,34)24(36-21)15(28)17(3,29)8-9-20(18,24)30/h6-7,10,12,15-16,26,28-34H,8-9,11H2,1-5H3/t15-,16+,17-,18-,19-,20-,21-,22+,23-,24+,25+/m0/s1. The molecule has 8 N–H and O–H groups in total. The minimum absolute atomic E-state index is 0.0261. The van der Waals surface area contributed by atoms with Crippen molar-refractivity contribution >= 4 is 5.97 Å². The van der Waals surface area contributed by atoms with Crippen LogP contribution in [0.15, 0.2) is 18.3 Å². The van der Waals surface area contributed by atoms with Gasteiger partial charge < -0.3 is 50.2 Å². The predicted octanol–water partition coefficient (Wildman–Crippen LogP) is -1.07. The summed E-state index contributed by atoms with van der Waals surface area (Å²) in [6, 6.07) is 3.00. The van der Waals surface area contributed by atoms with Crippen molar-refractivity contribution in [2.75, 3.05) is 0 Å². The molecule has 11 nitrogen and oxygen atoms in total. The van der Waals surface area contributed by atoms with Crippen LogP contribution < -0.4 is 0 Å². The van der Waals surface area contributed by atoms with Crippen molar-refractivity contribution in [2.45, 2.75) is 105 Å². The molecule has 0 amide bonds. The molecule has 3 heterocycles. The average Bonchev–Trinajstić information content (AvgIpc) is 3.41. The fourth-order valence-electron chi connectivity index (χ4n) is 9.54. The van der Waals surface area contributed by atoms with Crippen LogP contribution in [0.2, 0.25) is 0 Å². The molecule has 6 aliphatic rings. The van der Waals surface area contributed by atoms with Gasteiger partial charge in [-0.05, 0) is 44.7 Å². The molecule has 0 radical (unpaired) electrons. The number of aromatic nitrogens is 1. The summed E-state index contributed by atoms with van der Waals surface area (Å²) in [5, 5.41) is 85.0. The number of rotatable bonds is 3. The number of aliphatic hydroxyl groups excluding tert-OH is 1. The van der Waals surface area contributed by atoms with Gasteiger partial charge in [0.05, 0.1) is 11.0 Å². The highest BCUT2D eigenvalue weighted by atomic mass is 16.7. The topological polar surface area (TPSA) is 193 Å². The van der Waals surface area contributed by atoms with Gasteiger partial charge in [-0.3, -0.25) is 0 Å². The first-order chi connectivity index (χ1) is 16.3. The predicted molar refractivity (Wildman–Crippen MR) is 120 cm³/mol. The van der Waals surface area contributed by atoms with Gasteiger partial charge in [0.15, 0.2) is 17.5 Å². The van der Waals surface area contributed by atoms with E-state index in [4.69, 9.17) is 9.47 Å². The van der Waals surface area contributed by atoms with Crippen LogP contribution in [0.1, 0.15) is 64.4 Å². The van der Waals surface area contributed by atoms with E-state index in [1.54, 1.807) is 19.9 Å². The fourth-order valence-corrected chi connectivity index (χ4v) is 9.54. The van der Waals surface area contributed by atoms with Gasteiger partial charge in [-0.2, -0.15) is 0 Å². The van der Waals surface area contributed by atoms with Gasteiger partial charge in [-0.1, -0.05) is 20.8 Å². The number of hydrogen-bond acceptors (Lipinski definition) is 10. The first kappa shape index (κ1) is 24.7. The third-order valence-electron chi connectivity index (χ3n) is 11.4. The zero-order chi connectivity index (χ0) is 26.8. The van der Waals surface area contributed by atoms with Crippen molar-refractivity contribution in [3.05, 3.63) is 24.0 Å². The van der Waals surface area contributed by atoms with Gasteiger partial charge in [0.2, 0.25) is 0 Å². The van der Waals surface area contributed by atoms with E-state index in [1.807, 2.05) is 0 Å². The number of carbonyl (C=O) groups excluding carboxylic acids is 1. The molecule has 11 heteroatoms. The smallest absolute Gasteiger partial charge is 0.355 e. The number of ether oxygens (including phenoxy) is 2. The third-order valence-corrected chi connectivity index (χ3v) is 11.4. The minimum Gasteiger partial charge on any atom is -0.451 e. The average molecular weight is 510 g/mol. The summed E-state index contributed by atoms with van der Waals surface area (Å²) >= 11 is 0. The Balaban J connectivity index is 1.70. The Kier molecular flexibility index (Phi) is 4.14. The van der Waals surface area contributed by atoms with Crippen LogP contribution in [-0.4, -0.2) is 98.3 Å². The molecule has 6 fully saturated rings. The Bertz CT molecular complexity index is 1170. The van der Waals surface area contributed by atoms with Crippen LogP contribution in [0.3, 0.4) is 0 Å². The lowest BCUT2D eigenvalue weighted by Crippen LogP contribution is -2.78. The van der Waals surface area contributed by atoms with E-state index >= 15 is 0 Å². The maximum atomic E-state index is 13.2. The first-order valence-corrected chi connectivity index (χ1v) is 12.4. The summed E-state index contributed by atoms with van der Waals surface area (Å²) in [5.41, 5.74) is -18.3. The number of aromatic amines is 1. The third kappa shape index (κ3) is 1.77. The number of nitrogens with one attached hydrogen (secondary N) is 1. The Hall–Kier alpha value is -1.57. The lowest BCUT2D eigenvalue weighted by molar-refractivity contribution is -0.398. The van der Waals surface area contributed by atoms with E-state index in [2.05, 4.69) is 4.98 Å². The molecule has 0 unspecified atom stereocenters. The molecule has 36 heavy (non-hydrogen) atoms. The van der Waals surface area contributed by atoms with Crippen LogP contribution in [0.5, 0.6) is 0 Å². The second-order valence-corrected chi connectivity index (χ2v) is 12.7. The maximum absolute atomic E-state index is 13.2. The largest absolute Gasteiger partial charge is 0.451 e. The summed E-state index contributed by atoms with van der Waals surface area (Å²) < 4.78 is 11.9. The second-order valence-electron chi connectivity index (χ2n) is 12.7. The molecule has 4 aliphatic carbocycles. The van der Waals surface area contributed by atoms with Crippen molar-refractivity contribution in [1.29, 1.82) is 0 Å². The van der Waals surface area contributed by atoms with E-state index in [0.29, 0.717) is 0 Å². The Morgan fingerprint density at radius 2 is 1.75 bits per heavy atom. The molecule has 2 aliphatic heterocycles. The van der Waals surface area contributed by atoms with Crippen molar-refractivity contribution in [2.24, 2.45) is 16.7 Å². The van der Waals surface area contributed by atoms with E-state index in [9.17, 15) is 40.5 Å². The van der Waals surface area contributed by atoms with Gasteiger partial charge in [0.1, 0.15) is 34.2 Å². The van der Waals surface area contributed by atoms with Gasteiger partial charge >= 0.3 is 5.97 Å². The fraction of sp³-hybridized carbons (Fsp3) is 0.800. The molecule has 6 bridgehead atoms. The van der Waals surface area contributed by atoms with Crippen molar-refractivity contribution in [3.8, 4) is 0 Å². The molecule has 11 atom stereocenters. The van der Waals surface area contributed by atoms with Crippen LogP contribution >= 0.6 is 0 Å². The number of carbonyl (C=O) groups is 1. The summed E-state index contributed by atoms with van der Waals surface area (Å²) in [4.78, 5) is 15.9. The van der Waals surface area contributed by atoms with E-state index in [0.717, 1.165) is 0 Å². The van der Waals surface area contributed by atoms with Crippen molar-refractivity contribution in [3.63, 3.8) is 0 Å².